The lowest BCUT2D eigenvalue weighted by Crippen LogP contribution is -2.25. The van der Waals surface area contributed by atoms with E-state index in [1.54, 1.807) is 0 Å². The summed E-state index contributed by atoms with van der Waals surface area (Å²) in [5, 5.41) is 9.01. The molecule has 0 aromatic rings. The first-order valence-electron chi connectivity index (χ1n) is 22.7. The van der Waals surface area contributed by atoms with Crippen molar-refractivity contribution in [2.24, 2.45) is 11.8 Å². The summed E-state index contributed by atoms with van der Waals surface area (Å²) in [6.45, 7) is -20.3. The molecular formula is C26H65F2N2O45P11. The molecule has 0 aromatic heterocycles. The van der Waals surface area contributed by atoms with Gasteiger partial charge < -0.3 is 63.8 Å². The van der Waals surface area contributed by atoms with Gasteiger partial charge in [-0.2, -0.15) is 11.1 Å². The Kier molecular flexibility index (Phi) is 43.6. The molecule has 0 saturated heterocycles. The molecule has 47 nitrogen and oxygen atoms in total. The summed E-state index contributed by atoms with van der Waals surface area (Å²) in [5.41, 5.74) is 2.36. The van der Waals surface area contributed by atoms with E-state index in [0.29, 0.717) is 0 Å². The zero-order valence-corrected chi connectivity index (χ0v) is 53.5. The lowest BCUT2D eigenvalue weighted by Gasteiger charge is -2.18. The van der Waals surface area contributed by atoms with Gasteiger partial charge in [-0.3, -0.25) is 95.0 Å². The maximum Gasteiger partial charge on any atom is 0.472 e. The Morgan fingerprint density at radius 2 is 0.384 bits per heavy atom. The van der Waals surface area contributed by atoms with Gasteiger partial charge in [0.15, 0.2) is 0 Å². The van der Waals surface area contributed by atoms with E-state index in [-0.39, 0.29) is 0 Å². The van der Waals surface area contributed by atoms with Gasteiger partial charge in [0.2, 0.25) is 0 Å². The van der Waals surface area contributed by atoms with Gasteiger partial charge in [0.05, 0.1) is 139 Å². The normalized spacial score (nSPS) is 20.3. The fraction of sp³-hybridized carbons (Fsp3) is 1.00. The smallest absolute Gasteiger partial charge is 0.396 e. The Hall–Kier alpha value is 0.950. The van der Waals surface area contributed by atoms with Crippen LogP contribution in [0, 0.1) is 11.8 Å². The highest BCUT2D eigenvalue weighted by Crippen LogP contribution is 2.51. The number of hydrogen-bond donors (Lipinski definition) is 15. The molecule has 0 radical (unpaired) electrons. The Labute approximate surface area is 484 Å². The van der Waals surface area contributed by atoms with Gasteiger partial charge in [0.25, 0.3) is 0 Å². The monoisotopic (exact) mass is 1500 g/mol. The van der Waals surface area contributed by atoms with Crippen molar-refractivity contribution in [3.05, 3.63) is 0 Å². The lowest BCUT2D eigenvalue weighted by molar-refractivity contribution is 0.0694. The molecule has 518 valence electrons. The van der Waals surface area contributed by atoms with Gasteiger partial charge in [-0.1, -0.05) is 0 Å². The number of hydrogen-bond acceptors (Lipinski definition) is 35. The van der Waals surface area contributed by atoms with Gasteiger partial charge in [-0.05, 0) is 0 Å². The largest absolute Gasteiger partial charge is 0.472 e. The minimum absolute atomic E-state index is 0.416. The number of halogens is 2. The molecule has 60 heteroatoms. The molecule has 12 unspecified atom stereocenters. The fourth-order valence-corrected chi connectivity index (χ4v) is 11.7. The number of rotatable bonds is 59. The van der Waals surface area contributed by atoms with Crippen LogP contribution in [0.15, 0.2) is 0 Å². The fourth-order valence-electron chi connectivity index (χ4n) is 4.28. The van der Waals surface area contributed by atoms with Crippen LogP contribution in [-0.2, 0) is 145 Å². The van der Waals surface area contributed by atoms with Crippen molar-refractivity contribution in [1.29, 1.82) is 0 Å². The van der Waals surface area contributed by atoms with E-state index in [1.165, 1.54) is 5.54 Å². The molecule has 86 heavy (non-hydrogen) atoms. The third-order valence-electron chi connectivity index (χ3n) is 7.74. The standard InChI is InChI=1S/C26H65F2N2O45P11/c27-29-19-25(21-31)22-74-85(51,52)71-17-15-69-83(47,48)67-13-11-65-81(43,44)63-9-7-61-79(39,40)59-5-3-57-77(35,36)55-1-2-56-78(37,38)58-4-6-60-80(41,42)62-8-10-64-82(45,46)66-12-14-68-84(49,50)70-16-18-72-86(53,54)75-24-26(20-30-28)23-73-76(32,33)34/h25-26,29-31H,1-24H2,(H,35,36)(H,37,38)(H,39,40)(H,41,42)(H,43,44)(H,45,46)(H,47,48)(H,49,50)(H,51,52)(H,53,54)(H2,32,33,34). The summed E-state index contributed by atoms with van der Waals surface area (Å²) in [6.07, 6.45) is 0. The molecule has 0 spiro atoms. The van der Waals surface area contributed by atoms with Crippen molar-refractivity contribution in [2.75, 3.05) is 158 Å². The molecular weight excluding hydrogens is 1440 g/mol. The molecule has 0 bridgehead atoms. The van der Waals surface area contributed by atoms with Crippen molar-refractivity contribution in [3.63, 3.8) is 0 Å². The second-order valence-electron chi connectivity index (χ2n) is 14.7. The third-order valence-corrected chi connectivity index (χ3v) is 18.3. The topological polar surface area (TPSA) is 669 Å². The highest BCUT2D eigenvalue weighted by Gasteiger charge is 2.32. The highest BCUT2D eigenvalue weighted by molar-refractivity contribution is 7.50. The number of nitrogens with one attached hydrogen (secondary N) is 2. The Bertz CT molecular complexity index is 2460. The summed E-state index contributed by atoms with van der Waals surface area (Å²) in [7, 11) is -54.5. The minimum Gasteiger partial charge on any atom is -0.396 e. The van der Waals surface area contributed by atoms with Gasteiger partial charge in [0, 0.05) is 31.5 Å². The van der Waals surface area contributed by atoms with Crippen molar-refractivity contribution in [1.82, 2.24) is 11.1 Å². The summed E-state index contributed by atoms with van der Waals surface area (Å²) >= 11 is 0. The molecule has 0 aliphatic carbocycles. The summed E-state index contributed by atoms with van der Waals surface area (Å²) in [5.74, 6) is -2.11. The lowest BCUT2D eigenvalue weighted by atomic mass is 10.2. The van der Waals surface area contributed by atoms with Crippen LogP contribution in [0.1, 0.15) is 0 Å². The molecule has 0 saturated carbocycles. The highest BCUT2D eigenvalue weighted by atomic mass is 31.2. The van der Waals surface area contributed by atoms with Crippen LogP contribution in [0.4, 0.5) is 8.96 Å². The predicted molar refractivity (Wildman–Crippen MR) is 268 cm³/mol. The van der Waals surface area contributed by atoms with E-state index in [4.69, 9.17) is 14.9 Å². The molecule has 15 N–H and O–H groups in total. The molecule has 0 heterocycles. The molecule has 0 amide bonds. The number of aliphatic hydroxyl groups excluding tert-OH is 1. The van der Waals surface area contributed by atoms with Gasteiger partial charge >= 0.3 is 86.0 Å². The molecule has 0 fully saturated rings. The quantitative estimate of drug-likeness (QED) is 0.0225. The summed E-state index contributed by atoms with van der Waals surface area (Å²) in [4.78, 5) is 114. The van der Waals surface area contributed by atoms with E-state index in [2.05, 4.69) is 95.0 Å². The van der Waals surface area contributed by atoms with Crippen LogP contribution in [0.5, 0.6) is 0 Å². The van der Waals surface area contributed by atoms with Crippen LogP contribution in [0.25, 0.3) is 0 Å². The molecule has 0 aliphatic rings. The van der Waals surface area contributed by atoms with Crippen LogP contribution < -0.4 is 11.1 Å². The van der Waals surface area contributed by atoms with Gasteiger partial charge in [-0.25, -0.2) is 50.2 Å². The Balaban J connectivity index is 4.29. The van der Waals surface area contributed by atoms with Crippen molar-refractivity contribution < 1.29 is 218 Å². The van der Waals surface area contributed by atoms with Crippen molar-refractivity contribution in [2.45, 2.75) is 0 Å². The SMILES string of the molecule is O=P(O)(O)OCC(CNF)COP(=O)(O)OCCOP(=O)(O)OCCOP(=O)(O)OCCOP(=O)(O)OCCOP(=O)(O)OCCOP(=O)(O)OCCOP(=O)(O)OCCOP(=O)(O)OCCOP(=O)(O)OCCOP(=O)(O)OCC(CO)CNF. The molecule has 0 aliphatic heterocycles. The average Bonchev–Trinajstić information content (AvgIpc) is 3.58. The number of phosphoric acid groups is 11. The van der Waals surface area contributed by atoms with E-state index < -0.39 is 256 Å². The zero-order chi connectivity index (χ0) is 65.9. The number of phosphoric ester groups is 11. The first kappa shape index (κ1) is 87.0. The molecule has 0 aromatic carbocycles. The van der Waals surface area contributed by atoms with E-state index in [9.17, 15) is 108 Å². The van der Waals surface area contributed by atoms with Crippen molar-refractivity contribution >= 4 is 86.0 Å². The van der Waals surface area contributed by atoms with E-state index in [0.717, 1.165) is 5.54 Å². The predicted octanol–water partition coefficient (Wildman–Crippen LogP) is 0.605. The zero-order valence-electron chi connectivity index (χ0n) is 43.7. The van der Waals surface area contributed by atoms with Gasteiger partial charge in [0.1, 0.15) is 0 Å². The molecule has 12 atom stereocenters. The second-order valence-corrected chi connectivity index (χ2v) is 30.4. The number of aliphatic hydroxyl groups is 1. The molecule has 0 rings (SSSR count). The van der Waals surface area contributed by atoms with Crippen LogP contribution >= 0.6 is 86.0 Å². The summed E-state index contributed by atoms with van der Waals surface area (Å²) < 4.78 is 248. The maximum absolute atomic E-state index is 12.4. The van der Waals surface area contributed by atoms with E-state index in [1.807, 2.05) is 0 Å². The minimum atomic E-state index is -5.01. The third kappa shape index (κ3) is 51.4. The van der Waals surface area contributed by atoms with Crippen LogP contribution in [0.2, 0.25) is 0 Å². The second kappa shape index (κ2) is 43.1. The Morgan fingerprint density at radius 1 is 0.244 bits per heavy atom. The van der Waals surface area contributed by atoms with Crippen LogP contribution in [-0.4, -0.2) is 222 Å². The Morgan fingerprint density at radius 3 is 0.535 bits per heavy atom. The summed E-state index contributed by atoms with van der Waals surface area (Å²) in [6, 6.07) is 0. The first-order valence-corrected chi connectivity index (χ1v) is 39.1. The van der Waals surface area contributed by atoms with Gasteiger partial charge in [-0.15, -0.1) is 8.96 Å². The van der Waals surface area contributed by atoms with E-state index >= 15 is 0 Å². The van der Waals surface area contributed by atoms with Crippen molar-refractivity contribution in [3.8, 4) is 0 Å². The first-order chi connectivity index (χ1) is 39.5. The average molecular weight is 1500 g/mol. The van der Waals surface area contributed by atoms with Crippen LogP contribution in [0.3, 0.4) is 0 Å². The maximum atomic E-state index is 12.4.